The molecule has 0 radical (unpaired) electrons. The van der Waals surface area contributed by atoms with Crippen molar-refractivity contribution < 1.29 is 0 Å². The van der Waals surface area contributed by atoms with Gasteiger partial charge in [-0.2, -0.15) is 0 Å². The highest BCUT2D eigenvalue weighted by Gasteiger charge is 2.41. The SMILES string of the molecule is CCc1cc(NCC2(CCCl)CC2)ncn1. The number of aromatic nitrogens is 2. The van der Waals surface area contributed by atoms with E-state index in [0.717, 1.165) is 36.8 Å². The molecule has 1 aromatic heterocycles. The van der Waals surface area contributed by atoms with Crippen LogP contribution in [0.1, 0.15) is 31.9 Å². The number of nitrogens with zero attached hydrogens (tertiary/aromatic N) is 2. The number of alkyl halides is 1. The monoisotopic (exact) mass is 239 g/mol. The second-order valence-electron chi connectivity index (χ2n) is 4.54. The zero-order valence-corrected chi connectivity index (χ0v) is 10.4. The average Bonchev–Trinajstić information content (AvgIpc) is 3.08. The van der Waals surface area contributed by atoms with Crippen molar-refractivity contribution in [1.29, 1.82) is 0 Å². The number of rotatable bonds is 6. The van der Waals surface area contributed by atoms with Crippen molar-refractivity contribution >= 4 is 17.4 Å². The number of aryl methyl sites for hydroxylation is 1. The smallest absolute Gasteiger partial charge is 0.129 e. The first-order chi connectivity index (χ1) is 7.78. The van der Waals surface area contributed by atoms with Crippen LogP contribution in [0.2, 0.25) is 0 Å². The molecular formula is C12H18ClN3. The third-order valence-electron chi connectivity index (χ3n) is 3.31. The second-order valence-corrected chi connectivity index (χ2v) is 4.92. The molecule has 16 heavy (non-hydrogen) atoms. The molecule has 0 saturated heterocycles. The van der Waals surface area contributed by atoms with E-state index in [2.05, 4.69) is 22.2 Å². The van der Waals surface area contributed by atoms with Gasteiger partial charge < -0.3 is 5.32 Å². The van der Waals surface area contributed by atoms with Gasteiger partial charge in [0.1, 0.15) is 12.1 Å². The fraction of sp³-hybridized carbons (Fsp3) is 0.667. The van der Waals surface area contributed by atoms with Crippen LogP contribution >= 0.6 is 11.6 Å². The zero-order valence-electron chi connectivity index (χ0n) is 9.67. The van der Waals surface area contributed by atoms with Crippen LogP contribution in [0.5, 0.6) is 0 Å². The van der Waals surface area contributed by atoms with Gasteiger partial charge in [0.2, 0.25) is 0 Å². The zero-order chi connectivity index (χ0) is 11.4. The summed E-state index contributed by atoms with van der Waals surface area (Å²) < 4.78 is 0. The molecular weight excluding hydrogens is 222 g/mol. The van der Waals surface area contributed by atoms with Crippen LogP contribution in [0.15, 0.2) is 12.4 Å². The molecule has 0 bridgehead atoms. The Labute approximate surface area is 102 Å². The quantitative estimate of drug-likeness (QED) is 0.776. The van der Waals surface area contributed by atoms with Crippen molar-refractivity contribution in [2.75, 3.05) is 17.7 Å². The molecule has 0 amide bonds. The molecule has 1 saturated carbocycles. The summed E-state index contributed by atoms with van der Waals surface area (Å²) in [5.41, 5.74) is 1.53. The maximum atomic E-state index is 5.80. The van der Waals surface area contributed by atoms with Crippen LogP contribution in [-0.4, -0.2) is 22.4 Å². The molecule has 0 aliphatic heterocycles. The molecule has 0 unspecified atom stereocenters. The fourth-order valence-electron chi connectivity index (χ4n) is 1.86. The summed E-state index contributed by atoms with van der Waals surface area (Å²) in [5, 5.41) is 3.40. The van der Waals surface area contributed by atoms with Crippen molar-refractivity contribution in [3.63, 3.8) is 0 Å². The first kappa shape index (κ1) is 11.6. The van der Waals surface area contributed by atoms with Gasteiger partial charge in [0.15, 0.2) is 0 Å². The molecule has 0 atom stereocenters. The van der Waals surface area contributed by atoms with Crippen molar-refractivity contribution in [1.82, 2.24) is 9.97 Å². The van der Waals surface area contributed by atoms with Gasteiger partial charge in [-0.05, 0) is 31.1 Å². The van der Waals surface area contributed by atoms with E-state index in [9.17, 15) is 0 Å². The van der Waals surface area contributed by atoms with Gasteiger partial charge in [-0.15, -0.1) is 11.6 Å². The number of halogens is 1. The Morgan fingerprint density at radius 2 is 2.25 bits per heavy atom. The first-order valence-electron chi connectivity index (χ1n) is 5.89. The molecule has 1 heterocycles. The molecule has 4 heteroatoms. The standard InChI is InChI=1S/C12H18ClN3/c1-2-10-7-11(16-9-15-10)14-8-12(3-4-12)5-6-13/h7,9H,2-6,8H2,1H3,(H,14,15,16). The Morgan fingerprint density at radius 1 is 1.44 bits per heavy atom. The highest BCUT2D eigenvalue weighted by Crippen LogP contribution is 2.48. The molecule has 0 aromatic carbocycles. The van der Waals surface area contributed by atoms with Crippen LogP contribution < -0.4 is 5.32 Å². The number of hydrogen-bond acceptors (Lipinski definition) is 3. The lowest BCUT2D eigenvalue weighted by molar-refractivity contribution is 0.524. The van der Waals surface area contributed by atoms with Gasteiger partial charge >= 0.3 is 0 Å². The molecule has 1 aliphatic carbocycles. The Bertz CT molecular complexity index is 350. The van der Waals surface area contributed by atoms with E-state index in [1.165, 1.54) is 12.8 Å². The van der Waals surface area contributed by atoms with E-state index in [1.807, 2.05) is 6.07 Å². The van der Waals surface area contributed by atoms with Gasteiger partial charge in [-0.1, -0.05) is 6.92 Å². The number of anilines is 1. The van der Waals surface area contributed by atoms with E-state index in [0.29, 0.717) is 5.41 Å². The van der Waals surface area contributed by atoms with Gasteiger partial charge in [-0.3, -0.25) is 0 Å². The Morgan fingerprint density at radius 3 is 2.88 bits per heavy atom. The lowest BCUT2D eigenvalue weighted by Gasteiger charge is -2.14. The summed E-state index contributed by atoms with van der Waals surface area (Å²) in [7, 11) is 0. The predicted octanol–water partition coefficient (Wildman–Crippen LogP) is 2.86. The molecule has 1 fully saturated rings. The van der Waals surface area contributed by atoms with Crippen LogP contribution in [0.25, 0.3) is 0 Å². The highest BCUT2D eigenvalue weighted by molar-refractivity contribution is 6.17. The Hall–Kier alpha value is -0.830. The maximum Gasteiger partial charge on any atom is 0.129 e. The molecule has 88 valence electrons. The fourth-order valence-corrected chi connectivity index (χ4v) is 2.26. The van der Waals surface area contributed by atoms with Crippen molar-refractivity contribution in [3.8, 4) is 0 Å². The summed E-state index contributed by atoms with van der Waals surface area (Å²) in [6, 6.07) is 2.02. The summed E-state index contributed by atoms with van der Waals surface area (Å²) in [4.78, 5) is 8.41. The van der Waals surface area contributed by atoms with Gasteiger partial charge in [-0.25, -0.2) is 9.97 Å². The normalized spacial score (nSPS) is 17.1. The lowest BCUT2D eigenvalue weighted by atomic mass is 10.0. The maximum absolute atomic E-state index is 5.80. The van der Waals surface area contributed by atoms with Crippen LogP contribution in [-0.2, 0) is 6.42 Å². The van der Waals surface area contributed by atoms with E-state index in [-0.39, 0.29) is 0 Å². The Kier molecular flexibility index (Phi) is 3.64. The molecule has 1 aromatic rings. The lowest BCUT2D eigenvalue weighted by Crippen LogP contribution is -2.16. The van der Waals surface area contributed by atoms with E-state index in [4.69, 9.17) is 11.6 Å². The molecule has 1 aliphatic rings. The summed E-state index contributed by atoms with van der Waals surface area (Å²) in [6.45, 7) is 3.09. The van der Waals surface area contributed by atoms with Gasteiger partial charge in [0.25, 0.3) is 0 Å². The summed E-state index contributed by atoms with van der Waals surface area (Å²) in [6.07, 6.45) is 6.26. The van der Waals surface area contributed by atoms with E-state index in [1.54, 1.807) is 6.33 Å². The predicted molar refractivity (Wildman–Crippen MR) is 66.9 cm³/mol. The minimum atomic E-state index is 0.444. The summed E-state index contributed by atoms with van der Waals surface area (Å²) >= 11 is 5.80. The average molecular weight is 240 g/mol. The van der Waals surface area contributed by atoms with E-state index < -0.39 is 0 Å². The van der Waals surface area contributed by atoms with Crippen LogP contribution in [0, 0.1) is 5.41 Å². The van der Waals surface area contributed by atoms with E-state index >= 15 is 0 Å². The minimum absolute atomic E-state index is 0.444. The van der Waals surface area contributed by atoms with Crippen LogP contribution in [0.4, 0.5) is 5.82 Å². The van der Waals surface area contributed by atoms with Gasteiger partial charge in [0, 0.05) is 24.2 Å². The number of hydrogen-bond donors (Lipinski definition) is 1. The first-order valence-corrected chi connectivity index (χ1v) is 6.42. The third-order valence-corrected chi connectivity index (χ3v) is 3.50. The third kappa shape index (κ3) is 2.85. The summed E-state index contributed by atoms with van der Waals surface area (Å²) in [5.74, 6) is 1.69. The van der Waals surface area contributed by atoms with Crippen molar-refractivity contribution in [2.24, 2.45) is 5.41 Å². The van der Waals surface area contributed by atoms with Crippen molar-refractivity contribution in [2.45, 2.75) is 32.6 Å². The molecule has 0 spiro atoms. The molecule has 1 N–H and O–H groups in total. The second kappa shape index (κ2) is 5.00. The van der Waals surface area contributed by atoms with Gasteiger partial charge in [0.05, 0.1) is 0 Å². The number of nitrogens with one attached hydrogen (secondary N) is 1. The molecule has 3 nitrogen and oxygen atoms in total. The van der Waals surface area contributed by atoms with Crippen molar-refractivity contribution in [3.05, 3.63) is 18.1 Å². The minimum Gasteiger partial charge on any atom is -0.369 e. The van der Waals surface area contributed by atoms with Crippen LogP contribution in [0.3, 0.4) is 0 Å². The molecule has 2 rings (SSSR count). The highest BCUT2D eigenvalue weighted by atomic mass is 35.5. The largest absolute Gasteiger partial charge is 0.369 e. The topological polar surface area (TPSA) is 37.8 Å². The Balaban J connectivity index is 1.89.